The molecule has 0 saturated carbocycles. The van der Waals surface area contributed by atoms with Gasteiger partial charge in [0, 0.05) is 18.6 Å². The zero-order valence-electron chi connectivity index (χ0n) is 13.9. The summed E-state index contributed by atoms with van der Waals surface area (Å²) in [6, 6.07) is 9.91. The highest BCUT2D eigenvalue weighted by molar-refractivity contribution is 5.37. The van der Waals surface area contributed by atoms with Crippen LogP contribution in [0, 0.1) is 11.3 Å². The zero-order chi connectivity index (χ0) is 14.9. The van der Waals surface area contributed by atoms with Crippen LogP contribution in [-0.4, -0.2) is 31.6 Å². The van der Waals surface area contributed by atoms with Crippen LogP contribution in [0.15, 0.2) is 24.3 Å². The number of fused-ring (bicyclic) bond motifs is 1. The van der Waals surface area contributed by atoms with Crippen LogP contribution in [0.3, 0.4) is 0 Å². The van der Waals surface area contributed by atoms with Crippen LogP contribution in [0.25, 0.3) is 0 Å². The maximum absolute atomic E-state index is 3.95. The Morgan fingerprint density at radius 2 is 1.90 bits per heavy atom. The molecule has 2 atom stereocenters. The molecule has 0 heterocycles. The minimum absolute atomic E-state index is 0.295. The number of nitrogens with one attached hydrogen (secondary N) is 1. The van der Waals surface area contributed by atoms with Crippen molar-refractivity contribution < 1.29 is 0 Å². The Bertz CT molecular complexity index is 448. The smallest absolute Gasteiger partial charge is 0.0380 e. The summed E-state index contributed by atoms with van der Waals surface area (Å²) in [4.78, 5) is 2.28. The molecule has 0 saturated heterocycles. The van der Waals surface area contributed by atoms with Crippen molar-refractivity contribution in [1.82, 2.24) is 10.2 Å². The van der Waals surface area contributed by atoms with E-state index in [1.54, 1.807) is 0 Å². The van der Waals surface area contributed by atoms with Crippen molar-refractivity contribution in [2.75, 3.05) is 20.6 Å². The zero-order valence-corrected chi connectivity index (χ0v) is 13.9. The standard InChI is InChI=1S/C18H30N2/c1-13(2)16(12-20(5)6)19-17-15-10-8-7-9-14(15)11-18(17,3)4/h7-10,13,16-17,19H,11-12H2,1-6H3. The maximum Gasteiger partial charge on any atom is 0.0380 e. The van der Waals surface area contributed by atoms with Crippen molar-refractivity contribution in [3.05, 3.63) is 35.4 Å². The van der Waals surface area contributed by atoms with Gasteiger partial charge in [0.05, 0.1) is 0 Å². The molecule has 2 rings (SSSR count). The molecule has 1 aliphatic rings. The van der Waals surface area contributed by atoms with Crippen LogP contribution in [-0.2, 0) is 6.42 Å². The number of hydrogen-bond donors (Lipinski definition) is 1. The highest BCUT2D eigenvalue weighted by Crippen LogP contribution is 2.45. The van der Waals surface area contributed by atoms with E-state index in [1.165, 1.54) is 17.5 Å². The third kappa shape index (κ3) is 3.24. The molecular formula is C18H30N2. The summed E-state index contributed by atoms with van der Waals surface area (Å²) in [5.41, 5.74) is 3.31. The van der Waals surface area contributed by atoms with Gasteiger partial charge >= 0.3 is 0 Å². The molecule has 1 N–H and O–H groups in total. The Hall–Kier alpha value is -0.860. The Morgan fingerprint density at radius 3 is 2.50 bits per heavy atom. The Morgan fingerprint density at radius 1 is 1.25 bits per heavy atom. The van der Waals surface area contributed by atoms with Gasteiger partial charge in [0.1, 0.15) is 0 Å². The van der Waals surface area contributed by atoms with Crippen molar-refractivity contribution in [3.63, 3.8) is 0 Å². The summed E-state index contributed by atoms with van der Waals surface area (Å²) < 4.78 is 0. The second kappa shape index (κ2) is 5.87. The van der Waals surface area contributed by atoms with Gasteiger partial charge in [-0.2, -0.15) is 0 Å². The van der Waals surface area contributed by atoms with Crippen molar-refractivity contribution in [2.24, 2.45) is 11.3 Å². The van der Waals surface area contributed by atoms with Gasteiger partial charge in [-0.05, 0) is 43.0 Å². The third-order valence-corrected chi connectivity index (χ3v) is 4.54. The maximum atomic E-state index is 3.95. The van der Waals surface area contributed by atoms with Crippen LogP contribution in [0.1, 0.15) is 44.9 Å². The van der Waals surface area contributed by atoms with Gasteiger partial charge < -0.3 is 10.2 Å². The van der Waals surface area contributed by atoms with Gasteiger partial charge in [-0.1, -0.05) is 52.0 Å². The van der Waals surface area contributed by atoms with E-state index in [9.17, 15) is 0 Å². The van der Waals surface area contributed by atoms with E-state index < -0.39 is 0 Å². The molecule has 20 heavy (non-hydrogen) atoms. The van der Waals surface area contributed by atoms with Crippen molar-refractivity contribution >= 4 is 0 Å². The first kappa shape index (κ1) is 15.5. The molecule has 0 aliphatic heterocycles. The monoisotopic (exact) mass is 274 g/mol. The van der Waals surface area contributed by atoms with Crippen molar-refractivity contribution in [1.29, 1.82) is 0 Å². The van der Waals surface area contributed by atoms with E-state index in [0.717, 1.165) is 6.54 Å². The summed E-state index contributed by atoms with van der Waals surface area (Å²) in [5, 5.41) is 3.95. The van der Waals surface area contributed by atoms with Gasteiger partial charge in [0.15, 0.2) is 0 Å². The summed E-state index contributed by atoms with van der Waals surface area (Å²) in [5.74, 6) is 0.640. The Labute approximate surface area is 124 Å². The van der Waals surface area contributed by atoms with Gasteiger partial charge in [-0.15, -0.1) is 0 Å². The van der Waals surface area contributed by atoms with Gasteiger partial charge in [-0.3, -0.25) is 0 Å². The minimum Gasteiger partial charge on any atom is -0.308 e. The van der Waals surface area contributed by atoms with Crippen LogP contribution in [0.5, 0.6) is 0 Å². The lowest BCUT2D eigenvalue weighted by Crippen LogP contribution is -2.46. The molecule has 2 heteroatoms. The van der Waals surface area contributed by atoms with Crippen LogP contribution in [0.2, 0.25) is 0 Å². The number of likely N-dealkylation sites (N-methyl/N-ethyl adjacent to an activating group) is 1. The number of nitrogens with zero attached hydrogens (tertiary/aromatic N) is 1. The molecule has 112 valence electrons. The van der Waals surface area contributed by atoms with Crippen LogP contribution < -0.4 is 5.32 Å². The van der Waals surface area contributed by atoms with Crippen LogP contribution in [0.4, 0.5) is 0 Å². The highest BCUT2D eigenvalue weighted by Gasteiger charge is 2.39. The second-order valence-electron chi connectivity index (χ2n) is 7.58. The van der Waals surface area contributed by atoms with E-state index in [2.05, 4.69) is 76.3 Å². The molecular weight excluding hydrogens is 244 g/mol. The lowest BCUT2D eigenvalue weighted by Gasteiger charge is -2.35. The summed E-state index contributed by atoms with van der Waals surface area (Å²) in [6.45, 7) is 10.5. The van der Waals surface area contributed by atoms with Gasteiger partial charge in [0.25, 0.3) is 0 Å². The largest absolute Gasteiger partial charge is 0.308 e. The predicted octanol–water partition coefficient (Wildman–Crippen LogP) is 3.49. The molecule has 0 bridgehead atoms. The first-order chi connectivity index (χ1) is 9.31. The van der Waals surface area contributed by atoms with E-state index in [-0.39, 0.29) is 0 Å². The lowest BCUT2D eigenvalue weighted by atomic mass is 9.84. The number of rotatable bonds is 5. The van der Waals surface area contributed by atoms with E-state index >= 15 is 0 Å². The Kier molecular flexibility index (Phi) is 4.55. The fourth-order valence-electron chi connectivity index (χ4n) is 3.37. The second-order valence-corrected chi connectivity index (χ2v) is 7.58. The van der Waals surface area contributed by atoms with Gasteiger partial charge in [0.2, 0.25) is 0 Å². The van der Waals surface area contributed by atoms with Gasteiger partial charge in [-0.25, -0.2) is 0 Å². The predicted molar refractivity (Wildman–Crippen MR) is 87.0 cm³/mol. The molecule has 1 aliphatic carbocycles. The topological polar surface area (TPSA) is 15.3 Å². The van der Waals surface area contributed by atoms with E-state index in [1.807, 2.05) is 0 Å². The van der Waals surface area contributed by atoms with E-state index in [0.29, 0.717) is 23.4 Å². The first-order valence-electron chi connectivity index (χ1n) is 7.80. The van der Waals surface area contributed by atoms with Crippen molar-refractivity contribution in [3.8, 4) is 0 Å². The fraction of sp³-hybridized carbons (Fsp3) is 0.667. The molecule has 0 aromatic heterocycles. The molecule has 2 nitrogen and oxygen atoms in total. The summed E-state index contributed by atoms with van der Waals surface area (Å²) in [7, 11) is 4.32. The molecule has 0 fully saturated rings. The minimum atomic E-state index is 0.295. The molecule has 1 aromatic rings. The normalized spacial score (nSPS) is 22.3. The van der Waals surface area contributed by atoms with E-state index in [4.69, 9.17) is 0 Å². The van der Waals surface area contributed by atoms with Crippen molar-refractivity contribution in [2.45, 2.75) is 46.2 Å². The Balaban J connectivity index is 2.22. The third-order valence-electron chi connectivity index (χ3n) is 4.54. The molecule has 0 spiro atoms. The molecule has 2 unspecified atom stereocenters. The number of benzene rings is 1. The average molecular weight is 274 g/mol. The lowest BCUT2D eigenvalue weighted by molar-refractivity contribution is 0.202. The quantitative estimate of drug-likeness (QED) is 0.884. The summed E-state index contributed by atoms with van der Waals surface area (Å²) in [6.07, 6.45) is 1.17. The SMILES string of the molecule is CC(C)C(CN(C)C)NC1c2ccccc2CC1(C)C. The average Bonchev–Trinajstić information content (AvgIpc) is 2.58. The van der Waals surface area contributed by atoms with Crippen LogP contribution >= 0.6 is 0 Å². The molecule has 0 radical (unpaired) electrons. The molecule has 1 aromatic carbocycles. The molecule has 0 amide bonds. The highest BCUT2D eigenvalue weighted by atomic mass is 15.1. The summed E-state index contributed by atoms with van der Waals surface area (Å²) >= 11 is 0. The first-order valence-corrected chi connectivity index (χ1v) is 7.80. The fourth-order valence-corrected chi connectivity index (χ4v) is 3.37. The number of hydrogen-bond acceptors (Lipinski definition) is 2.